The largest absolute Gasteiger partial charge is 0.333 e. The third-order valence-electron chi connectivity index (χ3n) is 6.36. The Balaban J connectivity index is 1.19. The monoisotopic (exact) mass is 498 g/mol. The van der Waals surface area contributed by atoms with Gasteiger partial charge in [-0.05, 0) is 41.3 Å². The second-order valence-corrected chi connectivity index (χ2v) is 9.64. The lowest BCUT2D eigenvalue weighted by Crippen LogP contribution is -2.48. The van der Waals surface area contributed by atoms with Gasteiger partial charge in [0.05, 0.1) is 16.1 Å². The number of piperazine rings is 1. The number of amides is 1. The Morgan fingerprint density at radius 3 is 2.61 bits per heavy atom. The van der Waals surface area contributed by atoms with Crippen molar-refractivity contribution in [3.8, 4) is 16.4 Å². The highest BCUT2D eigenvalue weighted by atomic mass is 32.1. The van der Waals surface area contributed by atoms with Gasteiger partial charge in [0.25, 0.3) is 5.91 Å². The van der Waals surface area contributed by atoms with Gasteiger partial charge in [0.1, 0.15) is 5.82 Å². The quantitative estimate of drug-likeness (QED) is 0.353. The van der Waals surface area contributed by atoms with Gasteiger partial charge < -0.3 is 4.90 Å². The predicted molar refractivity (Wildman–Crippen MR) is 138 cm³/mol. The SMILES string of the molecule is O=C(c1nc(-c2cccs2)n(-c2cccc(F)c2)n1)N1CCN(Cc2cccc3cccnc23)CC1. The number of hydrogen-bond donors (Lipinski definition) is 0. The number of fused-ring (bicyclic) bond motifs is 1. The molecule has 0 spiro atoms. The number of carbonyl (C=O) groups is 1. The lowest BCUT2D eigenvalue weighted by Gasteiger charge is -2.34. The van der Waals surface area contributed by atoms with Crippen LogP contribution in [0.2, 0.25) is 0 Å². The number of hydrogen-bond acceptors (Lipinski definition) is 6. The lowest BCUT2D eigenvalue weighted by molar-refractivity contribution is 0.0617. The summed E-state index contributed by atoms with van der Waals surface area (Å²) in [4.78, 5) is 27.5. The molecule has 0 bridgehead atoms. The Kier molecular flexibility index (Phi) is 6.00. The summed E-state index contributed by atoms with van der Waals surface area (Å²) in [6, 6.07) is 20.2. The maximum absolute atomic E-state index is 13.9. The Hall–Kier alpha value is -3.95. The number of para-hydroxylation sites is 1. The minimum atomic E-state index is -0.370. The smallest absolute Gasteiger partial charge is 0.293 e. The molecule has 1 aliphatic rings. The van der Waals surface area contributed by atoms with Crippen LogP contribution in [-0.4, -0.2) is 61.6 Å². The second kappa shape index (κ2) is 9.60. The molecule has 5 aromatic rings. The molecule has 6 rings (SSSR count). The number of carbonyl (C=O) groups excluding carboxylic acids is 1. The van der Waals surface area contributed by atoms with Crippen molar-refractivity contribution in [2.24, 2.45) is 0 Å². The van der Waals surface area contributed by atoms with Gasteiger partial charge >= 0.3 is 0 Å². The van der Waals surface area contributed by atoms with E-state index in [2.05, 4.69) is 44.2 Å². The number of rotatable bonds is 5. The lowest BCUT2D eigenvalue weighted by atomic mass is 10.1. The van der Waals surface area contributed by atoms with Crippen molar-refractivity contribution < 1.29 is 9.18 Å². The van der Waals surface area contributed by atoms with E-state index in [9.17, 15) is 9.18 Å². The summed E-state index contributed by atoms with van der Waals surface area (Å²) in [5.41, 5.74) is 2.73. The molecular formula is C27H23FN6OS. The number of halogens is 1. The van der Waals surface area contributed by atoms with Gasteiger partial charge in [0, 0.05) is 44.3 Å². The minimum Gasteiger partial charge on any atom is -0.333 e. The minimum absolute atomic E-state index is 0.120. The fraction of sp³-hybridized carbons (Fsp3) is 0.185. The Bertz CT molecular complexity index is 1520. The van der Waals surface area contributed by atoms with Crippen molar-refractivity contribution in [1.82, 2.24) is 29.5 Å². The third kappa shape index (κ3) is 4.38. The molecule has 1 saturated heterocycles. The second-order valence-electron chi connectivity index (χ2n) is 8.69. The van der Waals surface area contributed by atoms with Crippen LogP contribution in [0.1, 0.15) is 16.2 Å². The fourth-order valence-corrected chi connectivity index (χ4v) is 5.24. The normalized spacial score (nSPS) is 14.4. The van der Waals surface area contributed by atoms with Gasteiger partial charge in [0.15, 0.2) is 5.82 Å². The van der Waals surface area contributed by atoms with E-state index in [4.69, 9.17) is 0 Å². The summed E-state index contributed by atoms with van der Waals surface area (Å²) in [6.07, 6.45) is 1.82. The van der Waals surface area contributed by atoms with Crippen LogP contribution < -0.4 is 0 Å². The van der Waals surface area contributed by atoms with Crippen molar-refractivity contribution >= 4 is 28.1 Å². The standard InChI is InChI=1S/C27H23FN6OS/c28-21-8-2-9-22(17-21)34-26(23-10-4-16-36-23)30-25(31-34)27(35)33-14-12-32(13-15-33)18-20-6-1-5-19-7-3-11-29-24(19)20/h1-11,16-17H,12-15,18H2. The van der Waals surface area contributed by atoms with Crippen LogP contribution in [-0.2, 0) is 6.54 Å². The Morgan fingerprint density at radius 1 is 0.972 bits per heavy atom. The first kappa shape index (κ1) is 22.5. The third-order valence-corrected chi connectivity index (χ3v) is 7.23. The highest BCUT2D eigenvalue weighted by Gasteiger charge is 2.27. The molecule has 180 valence electrons. The van der Waals surface area contributed by atoms with Crippen molar-refractivity contribution in [3.63, 3.8) is 0 Å². The van der Waals surface area contributed by atoms with E-state index in [1.807, 2.05) is 29.8 Å². The maximum Gasteiger partial charge on any atom is 0.293 e. The number of aromatic nitrogens is 4. The first-order valence-electron chi connectivity index (χ1n) is 11.8. The molecule has 9 heteroatoms. The van der Waals surface area contributed by atoms with E-state index in [0.717, 1.165) is 35.4 Å². The summed E-state index contributed by atoms with van der Waals surface area (Å²) >= 11 is 1.50. The summed E-state index contributed by atoms with van der Waals surface area (Å²) in [5.74, 6) is 0.0652. The molecule has 0 unspecified atom stereocenters. The molecular weight excluding hydrogens is 475 g/mol. The molecule has 3 aromatic heterocycles. The predicted octanol–water partition coefficient (Wildman–Crippen LogP) is 4.64. The van der Waals surface area contributed by atoms with Crippen LogP contribution in [0.15, 0.2) is 78.3 Å². The summed E-state index contributed by atoms with van der Waals surface area (Å²) in [5, 5.41) is 7.57. The van der Waals surface area contributed by atoms with Crippen LogP contribution in [0.4, 0.5) is 4.39 Å². The summed E-state index contributed by atoms with van der Waals surface area (Å²) < 4.78 is 15.5. The van der Waals surface area contributed by atoms with Crippen LogP contribution >= 0.6 is 11.3 Å². The van der Waals surface area contributed by atoms with Crippen molar-refractivity contribution in [2.75, 3.05) is 26.2 Å². The molecule has 0 atom stereocenters. The van der Waals surface area contributed by atoms with Gasteiger partial charge in [0.2, 0.25) is 5.82 Å². The maximum atomic E-state index is 13.9. The zero-order chi connectivity index (χ0) is 24.5. The topological polar surface area (TPSA) is 67.2 Å². The number of benzene rings is 2. The van der Waals surface area contributed by atoms with Gasteiger partial charge in [-0.2, -0.15) is 0 Å². The molecule has 1 aliphatic heterocycles. The van der Waals surface area contributed by atoms with E-state index in [-0.39, 0.29) is 17.5 Å². The molecule has 1 amide bonds. The zero-order valence-corrected chi connectivity index (χ0v) is 20.2. The number of thiophene rings is 1. The Labute approximate surface area is 211 Å². The average Bonchev–Trinajstić information content (AvgIpc) is 3.60. The molecule has 0 aliphatic carbocycles. The molecule has 1 fully saturated rings. The van der Waals surface area contributed by atoms with Gasteiger partial charge in [-0.15, -0.1) is 16.4 Å². The van der Waals surface area contributed by atoms with Crippen LogP contribution in [0, 0.1) is 5.82 Å². The zero-order valence-electron chi connectivity index (χ0n) is 19.4. The molecule has 0 N–H and O–H groups in total. The van der Waals surface area contributed by atoms with Crippen molar-refractivity contribution in [2.45, 2.75) is 6.54 Å². The first-order chi connectivity index (χ1) is 17.7. The van der Waals surface area contributed by atoms with E-state index in [1.54, 1.807) is 21.7 Å². The van der Waals surface area contributed by atoms with E-state index in [0.29, 0.717) is 24.6 Å². The summed E-state index contributed by atoms with van der Waals surface area (Å²) in [6.45, 7) is 3.44. The Morgan fingerprint density at radius 2 is 1.81 bits per heavy atom. The molecule has 36 heavy (non-hydrogen) atoms. The van der Waals surface area contributed by atoms with Crippen LogP contribution in [0.3, 0.4) is 0 Å². The van der Waals surface area contributed by atoms with Gasteiger partial charge in [-0.1, -0.05) is 36.4 Å². The molecule has 0 radical (unpaired) electrons. The van der Waals surface area contributed by atoms with Crippen molar-refractivity contribution in [3.05, 3.63) is 95.5 Å². The molecule has 7 nitrogen and oxygen atoms in total. The molecule has 0 saturated carbocycles. The van der Waals surface area contributed by atoms with Crippen LogP contribution in [0.5, 0.6) is 0 Å². The van der Waals surface area contributed by atoms with E-state index in [1.165, 1.54) is 29.0 Å². The summed E-state index contributed by atoms with van der Waals surface area (Å²) in [7, 11) is 0. The molecule has 4 heterocycles. The van der Waals surface area contributed by atoms with E-state index < -0.39 is 0 Å². The van der Waals surface area contributed by atoms with Gasteiger partial charge in [-0.3, -0.25) is 14.7 Å². The van der Waals surface area contributed by atoms with Crippen LogP contribution in [0.25, 0.3) is 27.3 Å². The van der Waals surface area contributed by atoms with Gasteiger partial charge in [-0.25, -0.2) is 14.1 Å². The highest BCUT2D eigenvalue weighted by molar-refractivity contribution is 7.13. The first-order valence-corrected chi connectivity index (χ1v) is 12.6. The number of nitrogens with zero attached hydrogens (tertiary/aromatic N) is 6. The highest BCUT2D eigenvalue weighted by Crippen LogP contribution is 2.26. The number of pyridine rings is 1. The fourth-order valence-electron chi connectivity index (χ4n) is 4.54. The average molecular weight is 499 g/mol. The van der Waals surface area contributed by atoms with E-state index >= 15 is 0 Å². The molecule has 2 aromatic carbocycles. The van der Waals surface area contributed by atoms with Crippen molar-refractivity contribution in [1.29, 1.82) is 0 Å².